The van der Waals surface area contributed by atoms with Crippen LogP contribution in [0.2, 0.25) is 0 Å². The normalized spacial score (nSPS) is 25.3. The Kier molecular flexibility index (Phi) is 3.37. The number of ether oxygens (including phenoxy) is 1. The van der Waals surface area contributed by atoms with Gasteiger partial charge in [0.25, 0.3) is 0 Å². The third-order valence-electron chi connectivity index (χ3n) is 4.51. The van der Waals surface area contributed by atoms with Crippen molar-refractivity contribution in [3.05, 3.63) is 11.6 Å². The van der Waals surface area contributed by atoms with E-state index < -0.39 is 0 Å². The van der Waals surface area contributed by atoms with Crippen molar-refractivity contribution in [3.8, 4) is 0 Å². The number of nitrogens with zero attached hydrogens (tertiary/aromatic N) is 3. The van der Waals surface area contributed by atoms with E-state index in [1.165, 1.54) is 31.5 Å². The highest BCUT2D eigenvalue weighted by molar-refractivity contribution is 5.12. The van der Waals surface area contributed by atoms with Crippen LogP contribution in [0.4, 0.5) is 0 Å². The van der Waals surface area contributed by atoms with E-state index in [2.05, 4.69) is 35.5 Å². The summed E-state index contributed by atoms with van der Waals surface area (Å²) in [6.45, 7) is 9.60. The van der Waals surface area contributed by atoms with Crippen LogP contribution in [-0.2, 0) is 16.7 Å². The van der Waals surface area contributed by atoms with Crippen LogP contribution < -0.4 is 0 Å². The minimum Gasteiger partial charge on any atom is -0.381 e. The fourth-order valence-corrected chi connectivity index (χ4v) is 3.53. The van der Waals surface area contributed by atoms with Crippen LogP contribution >= 0.6 is 0 Å². The molecule has 2 aliphatic heterocycles. The molecule has 19 heavy (non-hydrogen) atoms. The fourth-order valence-electron chi connectivity index (χ4n) is 3.53. The van der Waals surface area contributed by atoms with Gasteiger partial charge in [-0.05, 0) is 31.6 Å². The second kappa shape index (κ2) is 4.89. The average Bonchev–Trinajstić information content (AvgIpc) is 2.83. The Hall–Kier alpha value is -0.900. The highest BCUT2D eigenvalue weighted by Crippen LogP contribution is 2.39. The predicted octanol–water partition coefficient (Wildman–Crippen LogP) is 2.88. The lowest BCUT2D eigenvalue weighted by Gasteiger charge is -2.33. The van der Waals surface area contributed by atoms with Crippen molar-refractivity contribution in [2.45, 2.75) is 64.3 Å². The Bertz CT molecular complexity index is 441. The van der Waals surface area contributed by atoms with Gasteiger partial charge in [0.15, 0.2) is 0 Å². The van der Waals surface area contributed by atoms with Crippen LogP contribution in [0.3, 0.4) is 0 Å². The minimum absolute atomic E-state index is 0.0861. The van der Waals surface area contributed by atoms with Crippen molar-refractivity contribution in [1.29, 1.82) is 0 Å². The van der Waals surface area contributed by atoms with E-state index in [1.807, 2.05) is 0 Å². The van der Waals surface area contributed by atoms with Crippen molar-refractivity contribution in [2.24, 2.45) is 5.92 Å². The molecule has 3 rings (SSSR count). The summed E-state index contributed by atoms with van der Waals surface area (Å²) in [4.78, 5) is 0. The minimum atomic E-state index is 0.0861. The Balaban J connectivity index is 1.90. The van der Waals surface area contributed by atoms with Gasteiger partial charge in [-0.15, -0.1) is 10.2 Å². The van der Waals surface area contributed by atoms with E-state index in [0.29, 0.717) is 5.92 Å². The van der Waals surface area contributed by atoms with E-state index in [4.69, 9.17) is 4.74 Å². The first kappa shape index (κ1) is 13.1. The molecule has 0 saturated carbocycles. The summed E-state index contributed by atoms with van der Waals surface area (Å²) in [7, 11) is 0. The average molecular weight is 263 g/mol. The lowest BCUT2D eigenvalue weighted by Crippen LogP contribution is -2.29. The van der Waals surface area contributed by atoms with Gasteiger partial charge in [0.05, 0.1) is 0 Å². The SMILES string of the molecule is CC(C)(C)c1nnc2n1CCCC2C1CCOCC1. The molecule has 0 aromatic carbocycles. The Morgan fingerprint density at radius 3 is 2.53 bits per heavy atom. The molecule has 1 fully saturated rings. The molecule has 0 radical (unpaired) electrons. The molecule has 106 valence electrons. The molecule has 0 amide bonds. The number of aromatic nitrogens is 3. The lowest BCUT2D eigenvalue weighted by molar-refractivity contribution is 0.0532. The van der Waals surface area contributed by atoms with Gasteiger partial charge in [0.2, 0.25) is 0 Å². The van der Waals surface area contributed by atoms with Crippen LogP contribution in [-0.4, -0.2) is 28.0 Å². The maximum absolute atomic E-state index is 5.50. The monoisotopic (exact) mass is 263 g/mol. The molecule has 1 aromatic rings. The summed E-state index contributed by atoms with van der Waals surface area (Å²) in [5, 5.41) is 9.05. The zero-order valence-electron chi connectivity index (χ0n) is 12.4. The lowest BCUT2D eigenvalue weighted by atomic mass is 9.81. The maximum atomic E-state index is 5.50. The topological polar surface area (TPSA) is 39.9 Å². The molecule has 1 atom stereocenters. The molecule has 4 heteroatoms. The third-order valence-corrected chi connectivity index (χ3v) is 4.51. The van der Waals surface area contributed by atoms with Gasteiger partial charge in [-0.25, -0.2) is 0 Å². The molecule has 3 heterocycles. The summed E-state index contributed by atoms with van der Waals surface area (Å²) < 4.78 is 7.89. The van der Waals surface area contributed by atoms with Crippen molar-refractivity contribution < 1.29 is 4.74 Å². The molecule has 2 aliphatic rings. The summed E-state index contributed by atoms with van der Waals surface area (Å²) in [6, 6.07) is 0. The molecule has 0 aliphatic carbocycles. The molecule has 0 N–H and O–H groups in total. The van der Waals surface area contributed by atoms with Gasteiger partial charge in [-0.2, -0.15) is 0 Å². The predicted molar refractivity (Wildman–Crippen MR) is 74.2 cm³/mol. The van der Waals surface area contributed by atoms with Crippen molar-refractivity contribution in [3.63, 3.8) is 0 Å². The van der Waals surface area contributed by atoms with Crippen LogP contribution in [0, 0.1) is 5.92 Å². The smallest absolute Gasteiger partial charge is 0.138 e. The third kappa shape index (κ3) is 2.42. The van der Waals surface area contributed by atoms with Crippen LogP contribution in [0.5, 0.6) is 0 Å². The van der Waals surface area contributed by atoms with Gasteiger partial charge < -0.3 is 9.30 Å². The van der Waals surface area contributed by atoms with E-state index in [-0.39, 0.29) is 5.41 Å². The van der Waals surface area contributed by atoms with Gasteiger partial charge >= 0.3 is 0 Å². The summed E-state index contributed by atoms with van der Waals surface area (Å²) in [5.74, 6) is 3.73. The first-order valence-electron chi connectivity index (χ1n) is 7.58. The molecular weight excluding hydrogens is 238 g/mol. The summed E-state index contributed by atoms with van der Waals surface area (Å²) in [5.41, 5.74) is 0.0861. The van der Waals surface area contributed by atoms with E-state index in [9.17, 15) is 0 Å². The van der Waals surface area contributed by atoms with Gasteiger partial charge in [0.1, 0.15) is 11.6 Å². The second-order valence-electron chi connectivity index (χ2n) is 6.98. The maximum Gasteiger partial charge on any atom is 0.138 e. The van der Waals surface area contributed by atoms with E-state index >= 15 is 0 Å². The molecule has 1 saturated heterocycles. The first-order valence-corrected chi connectivity index (χ1v) is 7.58. The standard InChI is InChI=1S/C15H25N3O/c1-15(2,3)14-17-16-13-12(5-4-8-18(13)14)11-6-9-19-10-7-11/h11-12H,4-10H2,1-3H3. The number of rotatable bonds is 1. The summed E-state index contributed by atoms with van der Waals surface area (Å²) >= 11 is 0. The van der Waals surface area contributed by atoms with E-state index in [0.717, 1.165) is 31.5 Å². The number of hydrogen-bond donors (Lipinski definition) is 0. The molecular formula is C15H25N3O. The Labute approximate surface area is 115 Å². The fraction of sp³-hybridized carbons (Fsp3) is 0.867. The van der Waals surface area contributed by atoms with Crippen LogP contribution in [0.1, 0.15) is 64.0 Å². The van der Waals surface area contributed by atoms with Gasteiger partial charge in [-0.1, -0.05) is 20.8 Å². The molecule has 4 nitrogen and oxygen atoms in total. The zero-order chi connectivity index (χ0) is 13.5. The van der Waals surface area contributed by atoms with Crippen molar-refractivity contribution in [2.75, 3.05) is 13.2 Å². The van der Waals surface area contributed by atoms with Crippen LogP contribution in [0.25, 0.3) is 0 Å². The molecule has 1 unspecified atom stereocenters. The van der Waals surface area contributed by atoms with Gasteiger partial charge in [0, 0.05) is 31.1 Å². The molecule has 0 spiro atoms. The molecule has 0 bridgehead atoms. The van der Waals surface area contributed by atoms with Crippen LogP contribution in [0.15, 0.2) is 0 Å². The molecule has 1 aromatic heterocycles. The number of fused-ring (bicyclic) bond motifs is 1. The summed E-state index contributed by atoms with van der Waals surface area (Å²) in [6.07, 6.45) is 4.90. The van der Waals surface area contributed by atoms with Crippen molar-refractivity contribution >= 4 is 0 Å². The zero-order valence-corrected chi connectivity index (χ0v) is 12.4. The Morgan fingerprint density at radius 1 is 1.11 bits per heavy atom. The highest BCUT2D eigenvalue weighted by Gasteiger charge is 2.34. The Morgan fingerprint density at radius 2 is 1.84 bits per heavy atom. The highest BCUT2D eigenvalue weighted by atomic mass is 16.5. The van der Waals surface area contributed by atoms with Gasteiger partial charge in [-0.3, -0.25) is 0 Å². The number of hydrogen-bond acceptors (Lipinski definition) is 3. The quantitative estimate of drug-likeness (QED) is 0.782. The van der Waals surface area contributed by atoms with Crippen molar-refractivity contribution in [1.82, 2.24) is 14.8 Å². The van der Waals surface area contributed by atoms with E-state index in [1.54, 1.807) is 0 Å². The first-order chi connectivity index (χ1) is 9.07. The largest absolute Gasteiger partial charge is 0.381 e. The second-order valence-corrected chi connectivity index (χ2v) is 6.98.